The van der Waals surface area contributed by atoms with Crippen molar-refractivity contribution in [2.45, 2.75) is 18.8 Å². The molecule has 1 aromatic rings. The van der Waals surface area contributed by atoms with Gasteiger partial charge in [0, 0.05) is 0 Å². The maximum Gasteiger partial charge on any atom is 0.0621 e. The summed E-state index contributed by atoms with van der Waals surface area (Å²) in [7, 11) is 0. The predicted molar refractivity (Wildman–Crippen MR) is 57.2 cm³/mol. The molecular formula is C13H14O. The Hall–Kier alpha value is -1.08. The van der Waals surface area contributed by atoms with Gasteiger partial charge >= 0.3 is 0 Å². The fraction of sp³-hybridized carbons (Fsp3) is 0.385. The van der Waals surface area contributed by atoms with E-state index < -0.39 is 0 Å². The standard InChI is InChI=1S/C13H14O/c1-2-10-7-13(8-14-9-13)12-6-4-3-5-11(10)12/h3-7H,2,8-9H2,1H3. The van der Waals surface area contributed by atoms with E-state index in [1.807, 2.05) is 0 Å². The number of hydrogen-bond donors (Lipinski definition) is 0. The molecule has 2 aliphatic rings. The summed E-state index contributed by atoms with van der Waals surface area (Å²) in [5, 5.41) is 0. The molecule has 1 heterocycles. The molecule has 0 unspecified atom stereocenters. The number of allylic oxidation sites excluding steroid dienone is 1. The number of rotatable bonds is 1. The average molecular weight is 186 g/mol. The van der Waals surface area contributed by atoms with Crippen molar-refractivity contribution in [3.05, 3.63) is 41.5 Å². The molecule has 1 saturated heterocycles. The summed E-state index contributed by atoms with van der Waals surface area (Å²) >= 11 is 0. The first-order valence-electron chi connectivity index (χ1n) is 5.25. The smallest absolute Gasteiger partial charge is 0.0621 e. The lowest BCUT2D eigenvalue weighted by Gasteiger charge is -2.37. The summed E-state index contributed by atoms with van der Waals surface area (Å²) < 4.78 is 5.37. The van der Waals surface area contributed by atoms with Crippen LogP contribution >= 0.6 is 0 Å². The summed E-state index contributed by atoms with van der Waals surface area (Å²) in [4.78, 5) is 0. The molecule has 14 heavy (non-hydrogen) atoms. The Balaban J connectivity index is 2.18. The topological polar surface area (TPSA) is 9.23 Å². The fourth-order valence-electron chi connectivity index (χ4n) is 2.54. The molecule has 1 aliphatic heterocycles. The molecule has 0 atom stereocenters. The third-order valence-corrected chi connectivity index (χ3v) is 3.36. The van der Waals surface area contributed by atoms with E-state index in [2.05, 4.69) is 37.3 Å². The van der Waals surface area contributed by atoms with Gasteiger partial charge in [-0.2, -0.15) is 0 Å². The molecule has 0 saturated carbocycles. The summed E-state index contributed by atoms with van der Waals surface area (Å²) in [5.41, 5.74) is 4.65. The van der Waals surface area contributed by atoms with Gasteiger partial charge in [0.1, 0.15) is 0 Å². The van der Waals surface area contributed by atoms with Gasteiger partial charge in [-0.05, 0) is 23.1 Å². The number of ether oxygens (including phenoxy) is 1. The lowest BCUT2D eigenvalue weighted by atomic mass is 9.81. The Bertz CT molecular complexity index is 399. The van der Waals surface area contributed by atoms with Crippen LogP contribution in [-0.2, 0) is 10.2 Å². The highest BCUT2D eigenvalue weighted by molar-refractivity contribution is 5.77. The van der Waals surface area contributed by atoms with Gasteiger partial charge in [0.05, 0.1) is 18.6 Å². The van der Waals surface area contributed by atoms with Gasteiger partial charge in [-0.1, -0.05) is 37.3 Å². The second-order valence-corrected chi connectivity index (χ2v) is 4.22. The first kappa shape index (κ1) is 8.25. The summed E-state index contributed by atoms with van der Waals surface area (Å²) in [6.07, 6.45) is 3.54. The highest BCUT2D eigenvalue weighted by Crippen LogP contribution is 2.45. The molecular weight excluding hydrogens is 172 g/mol. The van der Waals surface area contributed by atoms with Crippen molar-refractivity contribution in [1.29, 1.82) is 0 Å². The minimum absolute atomic E-state index is 0.238. The van der Waals surface area contributed by atoms with Crippen LogP contribution in [0.5, 0.6) is 0 Å². The molecule has 3 rings (SSSR count). The first-order valence-corrected chi connectivity index (χ1v) is 5.25. The lowest BCUT2D eigenvalue weighted by molar-refractivity contribution is -0.0324. The monoisotopic (exact) mass is 186 g/mol. The highest BCUT2D eigenvalue weighted by Gasteiger charge is 2.43. The van der Waals surface area contributed by atoms with Crippen molar-refractivity contribution >= 4 is 5.57 Å². The number of benzene rings is 1. The van der Waals surface area contributed by atoms with E-state index in [1.165, 1.54) is 16.7 Å². The zero-order valence-electron chi connectivity index (χ0n) is 8.42. The molecule has 0 aromatic heterocycles. The van der Waals surface area contributed by atoms with E-state index in [1.54, 1.807) is 0 Å². The molecule has 1 aliphatic carbocycles. The van der Waals surface area contributed by atoms with E-state index in [0.717, 1.165) is 19.6 Å². The summed E-state index contributed by atoms with van der Waals surface area (Å²) in [6, 6.07) is 8.74. The molecule has 0 N–H and O–H groups in total. The van der Waals surface area contributed by atoms with E-state index in [0.29, 0.717) is 0 Å². The maximum atomic E-state index is 5.37. The van der Waals surface area contributed by atoms with E-state index in [-0.39, 0.29) is 5.41 Å². The molecule has 72 valence electrons. The largest absolute Gasteiger partial charge is 0.379 e. The molecule has 0 radical (unpaired) electrons. The minimum Gasteiger partial charge on any atom is -0.379 e. The Labute approximate surface area is 84.4 Å². The van der Waals surface area contributed by atoms with Gasteiger partial charge in [0.2, 0.25) is 0 Å². The van der Waals surface area contributed by atoms with Crippen molar-refractivity contribution in [1.82, 2.24) is 0 Å². The fourth-order valence-corrected chi connectivity index (χ4v) is 2.54. The Morgan fingerprint density at radius 2 is 2.07 bits per heavy atom. The second kappa shape index (κ2) is 2.71. The third kappa shape index (κ3) is 0.881. The van der Waals surface area contributed by atoms with Crippen LogP contribution < -0.4 is 0 Å². The Morgan fingerprint density at radius 3 is 2.71 bits per heavy atom. The van der Waals surface area contributed by atoms with Crippen LogP contribution in [0.2, 0.25) is 0 Å². The van der Waals surface area contributed by atoms with Crippen molar-refractivity contribution in [2.75, 3.05) is 13.2 Å². The highest BCUT2D eigenvalue weighted by atomic mass is 16.5. The van der Waals surface area contributed by atoms with Crippen molar-refractivity contribution in [3.63, 3.8) is 0 Å². The molecule has 1 aromatic carbocycles. The van der Waals surface area contributed by atoms with Gasteiger partial charge < -0.3 is 4.74 Å². The Morgan fingerprint density at radius 1 is 1.29 bits per heavy atom. The van der Waals surface area contributed by atoms with E-state index >= 15 is 0 Å². The van der Waals surface area contributed by atoms with Crippen LogP contribution in [0.25, 0.3) is 5.57 Å². The molecule has 1 heteroatoms. The quantitative estimate of drug-likeness (QED) is 0.655. The molecule has 1 spiro atoms. The normalized spacial score (nSPS) is 21.6. The van der Waals surface area contributed by atoms with Crippen molar-refractivity contribution in [2.24, 2.45) is 0 Å². The lowest BCUT2D eigenvalue weighted by Crippen LogP contribution is -2.43. The summed E-state index contributed by atoms with van der Waals surface area (Å²) in [5.74, 6) is 0. The Kier molecular flexibility index (Phi) is 1.59. The van der Waals surface area contributed by atoms with Gasteiger partial charge in [-0.3, -0.25) is 0 Å². The van der Waals surface area contributed by atoms with E-state index in [9.17, 15) is 0 Å². The van der Waals surface area contributed by atoms with Gasteiger partial charge in [0.25, 0.3) is 0 Å². The zero-order chi connectivity index (χ0) is 9.60. The zero-order valence-corrected chi connectivity index (χ0v) is 8.42. The second-order valence-electron chi connectivity index (χ2n) is 4.22. The first-order chi connectivity index (χ1) is 6.86. The van der Waals surface area contributed by atoms with Crippen LogP contribution in [-0.4, -0.2) is 13.2 Å². The van der Waals surface area contributed by atoms with E-state index in [4.69, 9.17) is 4.74 Å². The number of hydrogen-bond acceptors (Lipinski definition) is 1. The SMILES string of the molecule is CCC1=CC2(COC2)c2ccccc21. The third-order valence-electron chi connectivity index (χ3n) is 3.36. The van der Waals surface area contributed by atoms with Crippen LogP contribution in [0.15, 0.2) is 30.3 Å². The van der Waals surface area contributed by atoms with Crippen LogP contribution in [0.4, 0.5) is 0 Å². The van der Waals surface area contributed by atoms with Gasteiger partial charge in [-0.25, -0.2) is 0 Å². The van der Waals surface area contributed by atoms with Gasteiger partial charge in [0.15, 0.2) is 0 Å². The maximum absolute atomic E-state index is 5.37. The van der Waals surface area contributed by atoms with Crippen molar-refractivity contribution in [3.8, 4) is 0 Å². The molecule has 1 fully saturated rings. The number of fused-ring (bicyclic) bond motifs is 2. The predicted octanol–water partition coefficient (Wildman–Crippen LogP) is 2.76. The molecule has 0 bridgehead atoms. The van der Waals surface area contributed by atoms with Crippen LogP contribution in [0, 0.1) is 0 Å². The van der Waals surface area contributed by atoms with Gasteiger partial charge in [-0.15, -0.1) is 0 Å². The van der Waals surface area contributed by atoms with Crippen LogP contribution in [0.1, 0.15) is 24.5 Å². The van der Waals surface area contributed by atoms with Crippen LogP contribution in [0.3, 0.4) is 0 Å². The minimum atomic E-state index is 0.238. The average Bonchev–Trinajstić information content (AvgIpc) is 2.52. The molecule has 0 amide bonds. The summed E-state index contributed by atoms with van der Waals surface area (Å²) in [6.45, 7) is 3.96. The molecule has 1 nitrogen and oxygen atoms in total. The van der Waals surface area contributed by atoms with Crippen molar-refractivity contribution < 1.29 is 4.74 Å².